The maximum atomic E-state index is 14.0. The minimum Gasteiger partial charge on any atom is -0.682 e. The average molecular weight is 514 g/mol. The molecular weight excluding hydrogens is 490 g/mol. The Morgan fingerprint density at radius 2 is 1.64 bits per heavy atom. The second-order valence-corrected chi connectivity index (χ2v) is 8.23. The van der Waals surface area contributed by atoms with Crippen LogP contribution < -0.4 is 51.4 Å². The van der Waals surface area contributed by atoms with E-state index in [4.69, 9.17) is 5.26 Å². The summed E-state index contributed by atoms with van der Waals surface area (Å²) in [6, 6.07) is 21.4. The molecule has 2 aromatic carbocycles. The quantitative estimate of drug-likeness (QED) is 0.355. The summed E-state index contributed by atoms with van der Waals surface area (Å²) >= 11 is 0. The van der Waals surface area contributed by atoms with Crippen molar-refractivity contribution in [1.29, 1.82) is 5.26 Å². The molecule has 9 heteroatoms. The van der Waals surface area contributed by atoms with Crippen LogP contribution in [-0.4, -0.2) is 41.6 Å². The summed E-state index contributed by atoms with van der Waals surface area (Å²) in [6.07, 6.45) is -2.91. The Morgan fingerprint density at radius 3 is 2.25 bits per heavy atom. The predicted molar refractivity (Wildman–Crippen MR) is 131 cm³/mol. The number of hydrogen-bond acceptors (Lipinski definition) is 3. The van der Waals surface area contributed by atoms with Crippen molar-refractivity contribution < 1.29 is 64.6 Å². The first-order valence-electron chi connectivity index (χ1n) is 11.0. The van der Waals surface area contributed by atoms with E-state index in [9.17, 15) is 13.2 Å². The summed E-state index contributed by atoms with van der Waals surface area (Å²) in [7, 11) is 3.94. The van der Waals surface area contributed by atoms with Crippen LogP contribution in [-0.2, 0) is 6.18 Å². The molecule has 0 bridgehead atoms. The Bertz CT molecular complexity index is 1340. The number of halogens is 3. The van der Waals surface area contributed by atoms with Crippen molar-refractivity contribution >= 4 is 5.69 Å². The summed E-state index contributed by atoms with van der Waals surface area (Å²) in [6.45, 7) is 1.42. The molecule has 0 saturated carbocycles. The van der Waals surface area contributed by atoms with Gasteiger partial charge in [0.25, 0.3) is 0 Å². The summed E-state index contributed by atoms with van der Waals surface area (Å²) in [5.41, 5.74) is 2.71. The molecule has 0 aliphatic heterocycles. The van der Waals surface area contributed by atoms with Gasteiger partial charge < -0.3 is 14.8 Å². The molecule has 0 aliphatic rings. The fraction of sp³-hybridized carbons (Fsp3) is 0.185. The van der Waals surface area contributed by atoms with Gasteiger partial charge in [-0.15, -0.1) is 12.2 Å². The number of nitriles is 1. The number of alkyl halides is 3. The van der Waals surface area contributed by atoms with Gasteiger partial charge in [0.2, 0.25) is 0 Å². The number of pyridine rings is 1. The Kier molecular flexibility index (Phi) is 9.52. The number of benzene rings is 2. The van der Waals surface area contributed by atoms with Gasteiger partial charge in [0, 0.05) is 6.20 Å². The third-order valence-corrected chi connectivity index (χ3v) is 5.49. The van der Waals surface area contributed by atoms with E-state index >= 15 is 0 Å². The van der Waals surface area contributed by atoms with Gasteiger partial charge in [0.1, 0.15) is 0 Å². The average Bonchev–Trinajstić information content (AvgIpc) is 3.29. The van der Waals surface area contributed by atoms with Gasteiger partial charge in [-0.3, -0.25) is 4.98 Å². The van der Waals surface area contributed by atoms with E-state index < -0.39 is 11.7 Å². The second kappa shape index (κ2) is 12.2. The normalized spacial score (nSPS) is 11.1. The van der Waals surface area contributed by atoms with Gasteiger partial charge in [0.15, 0.2) is 0 Å². The summed E-state index contributed by atoms with van der Waals surface area (Å²) < 4.78 is 43.4. The minimum absolute atomic E-state index is 0. The third kappa shape index (κ3) is 6.45. The van der Waals surface area contributed by atoms with Crippen LogP contribution in [0.1, 0.15) is 11.1 Å². The fourth-order valence-electron chi connectivity index (χ4n) is 3.76. The summed E-state index contributed by atoms with van der Waals surface area (Å²) in [4.78, 5) is 6.54. The Hall–Kier alpha value is -2.45. The van der Waals surface area contributed by atoms with Crippen LogP contribution in [0.15, 0.2) is 79.0 Å². The molecule has 0 amide bonds. The standard InChI is InChI=1S/C27H23F3N5.K/c1-34(2)16-15-32-21-11-12-23(33-18-21)26-14-13-24(20-9-7-19(17-31)8-10-20)35(26)25-6-4-3-5-22(25)27(28,29)30;/h3-14,18H,15-16H2,1-2H3;/q-1;+1. The largest absolute Gasteiger partial charge is 1.00 e. The molecule has 0 aliphatic carbocycles. The zero-order valence-electron chi connectivity index (χ0n) is 20.3. The zero-order chi connectivity index (χ0) is 25.0. The van der Waals surface area contributed by atoms with E-state index in [2.05, 4.69) is 16.4 Å². The van der Waals surface area contributed by atoms with Crippen LogP contribution in [0.5, 0.6) is 0 Å². The van der Waals surface area contributed by atoms with E-state index in [0.29, 0.717) is 40.4 Å². The molecule has 4 rings (SSSR count). The molecular formula is C27H23F3KN5. The predicted octanol–water partition coefficient (Wildman–Crippen LogP) is 3.67. The molecule has 5 nitrogen and oxygen atoms in total. The topological polar surface area (TPSA) is 59.0 Å². The molecule has 36 heavy (non-hydrogen) atoms. The Morgan fingerprint density at radius 1 is 0.944 bits per heavy atom. The van der Waals surface area contributed by atoms with Gasteiger partial charge >= 0.3 is 57.6 Å². The van der Waals surface area contributed by atoms with E-state index in [1.165, 1.54) is 12.1 Å². The Labute approximate surface area is 251 Å². The number of aromatic nitrogens is 2. The molecule has 178 valence electrons. The number of hydrogen-bond donors (Lipinski definition) is 0. The van der Waals surface area contributed by atoms with E-state index in [0.717, 1.165) is 12.6 Å². The van der Waals surface area contributed by atoms with Crippen molar-refractivity contribution in [2.45, 2.75) is 6.18 Å². The van der Waals surface area contributed by atoms with E-state index in [-0.39, 0.29) is 57.1 Å². The summed E-state index contributed by atoms with van der Waals surface area (Å²) in [5, 5.41) is 13.6. The molecule has 2 aromatic heterocycles. The second-order valence-electron chi connectivity index (χ2n) is 8.23. The first-order chi connectivity index (χ1) is 16.8. The van der Waals surface area contributed by atoms with Gasteiger partial charge in [-0.05, 0) is 68.7 Å². The first-order valence-corrected chi connectivity index (χ1v) is 11.0. The van der Waals surface area contributed by atoms with Crippen LogP contribution in [0.2, 0.25) is 0 Å². The van der Waals surface area contributed by atoms with Crippen LogP contribution in [0, 0.1) is 11.3 Å². The van der Waals surface area contributed by atoms with E-state index in [1.807, 2.05) is 25.1 Å². The van der Waals surface area contributed by atoms with Crippen LogP contribution >= 0.6 is 0 Å². The van der Waals surface area contributed by atoms with Crippen molar-refractivity contribution in [1.82, 2.24) is 14.5 Å². The molecule has 0 unspecified atom stereocenters. The van der Waals surface area contributed by atoms with Crippen molar-refractivity contribution in [3.8, 4) is 34.4 Å². The van der Waals surface area contributed by atoms with Crippen LogP contribution in [0.4, 0.5) is 18.9 Å². The molecule has 0 saturated heterocycles. The van der Waals surface area contributed by atoms with Crippen molar-refractivity contribution in [2.75, 3.05) is 27.2 Å². The number of rotatable bonds is 7. The Balaban J connectivity index is 0.00000361. The number of nitrogens with zero attached hydrogens (tertiary/aromatic N) is 5. The van der Waals surface area contributed by atoms with Crippen LogP contribution in [0.3, 0.4) is 0 Å². The van der Waals surface area contributed by atoms with Crippen molar-refractivity contribution in [2.24, 2.45) is 0 Å². The molecule has 4 aromatic rings. The fourth-order valence-corrected chi connectivity index (χ4v) is 3.76. The molecule has 2 heterocycles. The van der Waals surface area contributed by atoms with Gasteiger partial charge in [0.05, 0.1) is 40.0 Å². The van der Waals surface area contributed by atoms with Crippen molar-refractivity contribution in [3.05, 3.63) is 95.4 Å². The maximum absolute atomic E-state index is 14.0. The SMILES string of the molecule is CN(C)CC[N-]c1ccc(-c2ccc(-c3ccc(C#N)cc3)n2-c2ccccc2C(F)(F)F)nc1.[K+]. The first kappa shape index (κ1) is 28.1. The van der Waals surface area contributed by atoms with Gasteiger partial charge in [-0.25, -0.2) is 0 Å². The van der Waals surface area contributed by atoms with Crippen molar-refractivity contribution in [3.63, 3.8) is 0 Å². The van der Waals surface area contributed by atoms with Gasteiger partial charge in [-0.2, -0.15) is 18.4 Å². The zero-order valence-corrected chi connectivity index (χ0v) is 23.4. The molecule has 0 atom stereocenters. The molecule has 0 radical (unpaired) electrons. The monoisotopic (exact) mass is 513 g/mol. The smallest absolute Gasteiger partial charge is 0.682 e. The maximum Gasteiger partial charge on any atom is 1.00 e. The number of likely N-dealkylation sites (N-methyl/N-ethyl adjacent to an activating group) is 1. The minimum atomic E-state index is -4.54. The van der Waals surface area contributed by atoms with E-state index in [1.54, 1.807) is 59.3 Å². The summed E-state index contributed by atoms with van der Waals surface area (Å²) in [5.74, 6) is 0. The molecule has 0 fully saturated rings. The third-order valence-electron chi connectivity index (χ3n) is 5.49. The number of para-hydroxylation sites is 1. The molecule has 0 spiro atoms. The van der Waals surface area contributed by atoms with Crippen LogP contribution in [0.25, 0.3) is 33.6 Å². The molecule has 0 N–H and O–H groups in total. The van der Waals surface area contributed by atoms with Gasteiger partial charge in [-0.1, -0.05) is 30.3 Å².